The van der Waals surface area contributed by atoms with Crippen LogP contribution in [0.5, 0.6) is 0 Å². The molecule has 1 unspecified atom stereocenters. The first-order chi connectivity index (χ1) is 11.8. The van der Waals surface area contributed by atoms with Crippen molar-refractivity contribution in [1.82, 2.24) is 4.90 Å². The number of rotatable bonds is 5. The molecule has 1 aromatic carbocycles. The lowest BCUT2D eigenvalue weighted by Crippen LogP contribution is -2.51. The number of nitrogens with zero attached hydrogens (tertiary/aromatic N) is 1. The van der Waals surface area contributed by atoms with Gasteiger partial charge in [-0.05, 0) is 32.8 Å². The van der Waals surface area contributed by atoms with Crippen molar-refractivity contribution in [2.75, 3.05) is 19.8 Å². The van der Waals surface area contributed by atoms with Gasteiger partial charge < -0.3 is 14.4 Å². The summed E-state index contributed by atoms with van der Waals surface area (Å²) in [5.74, 6) is 0.0205. The van der Waals surface area contributed by atoms with Gasteiger partial charge in [0.05, 0.1) is 19.3 Å². The van der Waals surface area contributed by atoms with Crippen LogP contribution in [-0.2, 0) is 15.9 Å². The molecule has 0 bridgehead atoms. The molecule has 1 atom stereocenters. The Hall–Kier alpha value is -1.88. The van der Waals surface area contributed by atoms with Crippen molar-refractivity contribution in [3.8, 4) is 0 Å². The van der Waals surface area contributed by atoms with E-state index in [2.05, 4.69) is 6.92 Å². The number of aryl methyl sites for hydroxylation is 1. The van der Waals surface area contributed by atoms with Gasteiger partial charge in [-0.15, -0.1) is 0 Å². The predicted octanol–water partition coefficient (Wildman–Crippen LogP) is 3.85. The number of hydrogen-bond acceptors (Lipinski definition) is 4. The van der Waals surface area contributed by atoms with Crippen LogP contribution in [-0.4, -0.2) is 48.2 Å². The summed E-state index contributed by atoms with van der Waals surface area (Å²) in [5.41, 5.74) is 1.35. The molecule has 0 spiro atoms. The highest BCUT2D eigenvalue weighted by Gasteiger charge is 2.32. The molecule has 25 heavy (non-hydrogen) atoms. The molecule has 1 heterocycles. The van der Waals surface area contributed by atoms with Gasteiger partial charge in [-0.1, -0.05) is 37.6 Å². The average Bonchev–Trinajstić information content (AvgIpc) is 2.54. The zero-order valence-corrected chi connectivity index (χ0v) is 15.7. The highest BCUT2D eigenvalue weighted by atomic mass is 16.6. The van der Waals surface area contributed by atoms with Crippen LogP contribution in [0.4, 0.5) is 4.79 Å². The van der Waals surface area contributed by atoms with E-state index in [0.717, 1.165) is 12.8 Å². The number of morpholine rings is 1. The highest BCUT2D eigenvalue weighted by molar-refractivity contribution is 5.96. The second-order valence-electron chi connectivity index (χ2n) is 7.48. The first kappa shape index (κ1) is 19.4. The first-order valence-corrected chi connectivity index (χ1v) is 8.99. The Morgan fingerprint density at radius 1 is 1.24 bits per heavy atom. The van der Waals surface area contributed by atoms with Gasteiger partial charge in [-0.25, -0.2) is 4.79 Å². The Morgan fingerprint density at radius 2 is 1.92 bits per heavy atom. The van der Waals surface area contributed by atoms with Crippen LogP contribution in [0.15, 0.2) is 24.3 Å². The molecule has 1 fully saturated rings. The zero-order chi connectivity index (χ0) is 18.4. The minimum Gasteiger partial charge on any atom is -0.444 e. The molecule has 0 aromatic heterocycles. The van der Waals surface area contributed by atoms with Gasteiger partial charge in [0.1, 0.15) is 5.60 Å². The molecule has 0 radical (unpaired) electrons. The van der Waals surface area contributed by atoms with E-state index in [-0.39, 0.29) is 24.3 Å². The Morgan fingerprint density at radius 3 is 2.52 bits per heavy atom. The number of carbonyl (C=O) groups is 2. The molecule has 5 nitrogen and oxygen atoms in total. The molecular weight excluding hydrogens is 318 g/mol. The van der Waals surface area contributed by atoms with Crippen molar-refractivity contribution in [1.29, 1.82) is 0 Å². The molecule has 0 saturated carbocycles. The van der Waals surface area contributed by atoms with Crippen LogP contribution in [0.1, 0.15) is 56.5 Å². The molecule has 2 rings (SSSR count). The maximum absolute atomic E-state index is 12.6. The zero-order valence-electron chi connectivity index (χ0n) is 15.7. The number of Topliss-reactive ketones (excluding diaryl/α,β-unsaturated/α-hetero) is 1. The van der Waals surface area contributed by atoms with Crippen molar-refractivity contribution in [2.24, 2.45) is 0 Å². The second-order valence-corrected chi connectivity index (χ2v) is 7.48. The topological polar surface area (TPSA) is 55.8 Å². The van der Waals surface area contributed by atoms with E-state index in [9.17, 15) is 9.59 Å². The summed E-state index contributed by atoms with van der Waals surface area (Å²) in [6.07, 6.45) is 1.95. The standard InChI is InChI=1S/C20H29NO4/c1-5-6-15-7-9-16(10-8-15)18(22)13-17-14-24-12-11-21(17)19(23)25-20(2,3)4/h7-10,17H,5-6,11-14H2,1-4H3. The quantitative estimate of drug-likeness (QED) is 0.759. The lowest BCUT2D eigenvalue weighted by Gasteiger charge is -2.36. The number of benzene rings is 1. The third-order valence-electron chi connectivity index (χ3n) is 4.09. The fraction of sp³-hybridized carbons (Fsp3) is 0.600. The van der Waals surface area contributed by atoms with Crippen LogP contribution < -0.4 is 0 Å². The van der Waals surface area contributed by atoms with Crippen molar-refractivity contribution < 1.29 is 19.1 Å². The van der Waals surface area contributed by atoms with Crippen LogP contribution >= 0.6 is 0 Å². The van der Waals surface area contributed by atoms with Gasteiger partial charge >= 0.3 is 6.09 Å². The third-order valence-corrected chi connectivity index (χ3v) is 4.09. The maximum atomic E-state index is 12.6. The van der Waals surface area contributed by atoms with Crippen molar-refractivity contribution in [2.45, 2.75) is 58.6 Å². The van der Waals surface area contributed by atoms with E-state index >= 15 is 0 Å². The van der Waals surface area contributed by atoms with Crippen LogP contribution in [0, 0.1) is 0 Å². The lowest BCUT2D eigenvalue weighted by atomic mass is 10.0. The van der Waals surface area contributed by atoms with Crippen molar-refractivity contribution >= 4 is 11.9 Å². The Balaban J connectivity index is 2.02. The summed E-state index contributed by atoms with van der Waals surface area (Å²) in [6, 6.07) is 7.45. The Bertz CT molecular complexity index is 589. The van der Waals surface area contributed by atoms with E-state index < -0.39 is 5.60 Å². The van der Waals surface area contributed by atoms with Crippen LogP contribution in [0.3, 0.4) is 0 Å². The summed E-state index contributed by atoms with van der Waals surface area (Å²) in [4.78, 5) is 26.6. The van der Waals surface area contributed by atoms with Crippen molar-refractivity contribution in [3.05, 3.63) is 35.4 Å². The molecule has 0 aliphatic carbocycles. The molecular formula is C20H29NO4. The van der Waals surface area contributed by atoms with Gasteiger partial charge in [0.15, 0.2) is 5.78 Å². The number of carbonyl (C=O) groups excluding carboxylic acids is 2. The number of ether oxygens (including phenoxy) is 2. The SMILES string of the molecule is CCCc1ccc(C(=O)CC2COCCN2C(=O)OC(C)(C)C)cc1. The molecule has 1 aromatic rings. The fourth-order valence-corrected chi connectivity index (χ4v) is 2.86. The Kier molecular flexibility index (Phi) is 6.59. The third kappa shape index (κ3) is 5.85. The summed E-state index contributed by atoms with van der Waals surface area (Å²) in [7, 11) is 0. The monoisotopic (exact) mass is 347 g/mol. The van der Waals surface area contributed by atoms with Gasteiger partial charge in [-0.3, -0.25) is 4.79 Å². The van der Waals surface area contributed by atoms with E-state index in [4.69, 9.17) is 9.47 Å². The molecule has 138 valence electrons. The average molecular weight is 347 g/mol. The summed E-state index contributed by atoms with van der Waals surface area (Å²) in [6.45, 7) is 8.92. The molecule has 5 heteroatoms. The van der Waals surface area contributed by atoms with Crippen molar-refractivity contribution in [3.63, 3.8) is 0 Å². The second kappa shape index (κ2) is 8.48. The Labute approximate surface area is 150 Å². The highest BCUT2D eigenvalue weighted by Crippen LogP contribution is 2.19. The first-order valence-electron chi connectivity index (χ1n) is 8.99. The normalized spacial score (nSPS) is 18.1. The number of hydrogen-bond donors (Lipinski definition) is 0. The maximum Gasteiger partial charge on any atom is 0.410 e. The van der Waals surface area contributed by atoms with Gasteiger partial charge in [0.25, 0.3) is 0 Å². The molecule has 1 saturated heterocycles. The van der Waals surface area contributed by atoms with Gasteiger partial charge in [-0.2, -0.15) is 0 Å². The van der Waals surface area contributed by atoms with Crippen LogP contribution in [0.25, 0.3) is 0 Å². The summed E-state index contributed by atoms with van der Waals surface area (Å²) < 4.78 is 10.9. The van der Waals surface area contributed by atoms with Crippen LogP contribution in [0.2, 0.25) is 0 Å². The minimum atomic E-state index is -0.556. The van der Waals surface area contributed by atoms with E-state index in [1.54, 1.807) is 4.90 Å². The smallest absolute Gasteiger partial charge is 0.410 e. The minimum absolute atomic E-state index is 0.0205. The van der Waals surface area contributed by atoms with Gasteiger partial charge in [0.2, 0.25) is 0 Å². The number of ketones is 1. The molecule has 1 aliphatic rings. The molecule has 1 amide bonds. The number of amides is 1. The van der Waals surface area contributed by atoms with E-state index in [1.165, 1.54) is 5.56 Å². The fourth-order valence-electron chi connectivity index (χ4n) is 2.86. The molecule has 0 N–H and O–H groups in total. The molecule has 1 aliphatic heterocycles. The lowest BCUT2D eigenvalue weighted by molar-refractivity contribution is -0.0322. The summed E-state index contributed by atoms with van der Waals surface area (Å²) in [5, 5.41) is 0. The largest absolute Gasteiger partial charge is 0.444 e. The predicted molar refractivity (Wildman–Crippen MR) is 96.9 cm³/mol. The van der Waals surface area contributed by atoms with Gasteiger partial charge in [0, 0.05) is 18.5 Å². The van der Waals surface area contributed by atoms with E-state index in [0.29, 0.717) is 25.3 Å². The summed E-state index contributed by atoms with van der Waals surface area (Å²) >= 11 is 0. The van der Waals surface area contributed by atoms with E-state index in [1.807, 2.05) is 45.0 Å².